The maximum atomic E-state index is 12.7. The van der Waals surface area contributed by atoms with Crippen LogP contribution < -0.4 is 9.64 Å². The number of nitrogens with zero attached hydrogens (tertiary/aromatic N) is 4. The zero-order chi connectivity index (χ0) is 17.8. The van der Waals surface area contributed by atoms with Crippen LogP contribution in [0.4, 0.5) is 5.69 Å². The molecule has 0 spiro atoms. The van der Waals surface area contributed by atoms with Crippen LogP contribution in [0.5, 0.6) is 6.01 Å². The summed E-state index contributed by atoms with van der Waals surface area (Å²) >= 11 is 3.30. The van der Waals surface area contributed by atoms with E-state index in [1.165, 1.54) is 0 Å². The molecule has 25 heavy (non-hydrogen) atoms. The Labute approximate surface area is 156 Å². The number of carbonyl (C=O) groups is 1. The summed E-state index contributed by atoms with van der Waals surface area (Å²) in [5, 5.41) is 0. The Bertz CT molecular complexity index is 728. The van der Waals surface area contributed by atoms with Gasteiger partial charge < -0.3 is 14.5 Å². The first-order valence-electron chi connectivity index (χ1n) is 8.24. The molecule has 6 nitrogen and oxygen atoms in total. The van der Waals surface area contributed by atoms with Crippen LogP contribution in [0.25, 0.3) is 0 Å². The van der Waals surface area contributed by atoms with E-state index in [0.29, 0.717) is 19.1 Å². The number of rotatable bonds is 4. The lowest BCUT2D eigenvalue weighted by atomic mass is 10.1. The van der Waals surface area contributed by atoms with Crippen molar-refractivity contribution in [3.63, 3.8) is 0 Å². The van der Waals surface area contributed by atoms with Crippen LogP contribution in [-0.4, -0.2) is 54.1 Å². The summed E-state index contributed by atoms with van der Waals surface area (Å²) in [5.41, 5.74) is 1.75. The minimum absolute atomic E-state index is 0.0401. The van der Waals surface area contributed by atoms with E-state index >= 15 is 0 Å². The van der Waals surface area contributed by atoms with Gasteiger partial charge in [-0.3, -0.25) is 4.79 Å². The predicted molar refractivity (Wildman–Crippen MR) is 100 cm³/mol. The number of hydrogen-bond donors (Lipinski definition) is 0. The molecule has 0 aliphatic carbocycles. The van der Waals surface area contributed by atoms with Crippen LogP contribution in [0.1, 0.15) is 23.2 Å². The highest BCUT2D eigenvalue weighted by Gasteiger charge is 2.25. The predicted octanol–water partition coefficient (Wildman–Crippen LogP) is 2.99. The van der Waals surface area contributed by atoms with Crippen molar-refractivity contribution < 1.29 is 9.53 Å². The average molecular weight is 405 g/mol. The van der Waals surface area contributed by atoms with Gasteiger partial charge in [-0.25, -0.2) is 9.97 Å². The van der Waals surface area contributed by atoms with E-state index in [4.69, 9.17) is 4.74 Å². The van der Waals surface area contributed by atoms with E-state index < -0.39 is 0 Å². The monoisotopic (exact) mass is 404 g/mol. The van der Waals surface area contributed by atoms with Crippen LogP contribution >= 0.6 is 15.9 Å². The molecule has 1 fully saturated rings. The highest BCUT2D eigenvalue weighted by atomic mass is 79.9. The number of piperidine rings is 1. The van der Waals surface area contributed by atoms with Gasteiger partial charge >= 0.3 is 6.01 Å². The van der Waals surface area contributed by atoms with Gasteiger partial charge in [0.05, 0.1) is 4.47 Å². The lowest BCUT2D eigenvalue weighted by Gasteiger charge is -2.31. The molecule has 0 bridgehead atoms. The third kappa shape index (κ3) is 4.48. The molecule has 1 saturated heterocycles. The number of likely N-dealkylation sites (tertiary alicyclic amines) is 1. The summed E-state index contributed by atoms with van der Waals surface area (Å²) in [5.74, 6) is 0.0713. The van der Waals surface area contributed by atoms with Crippen LogP contribution in [-0.2, 0) is 0 Å². The van der Waals surface area contributed by atoms with E-state index in [1.807, 2.05) is 48.2 Å². The Kier molecular flexibility index (Phi) is 5.53. The minimum atomic E-state index is 0.0401. The summed E-state index contributed by atoms with van der Waals surface area (Å²) in [6.07, 6.45) is 4.92. The fourth-order valence-electron chi connectivity index (χ4n) is 2.79. The van der Waals surface area contributed by atoms with Gasteiger partial charge in [0.15, 0.2) is 0 Å². The Morgan fingerprint density at radius 1 is 1.24 bits per heavy atom. The van der Waals surface area contributed by atoms with Gasteiger partial charge in [-0.15, -0.1) is 0 Å². The van der Waals surface area contributed by atoms with Gasteiger partial charge in [-0.1, -0.05) is 6.07 Å². The molecule has 7 heteroatoms. The quantitative estimate of drug-likeness (QED) is 0.783. The number of benzene rings is 1. The maximum Gasteiger partial charge on any atom is 0.316 e. The van der Waals surface area contributed by atoms with Gasteiger partial charge in [-0.2, -0.15) is 0 Å². The highest BCUT2D eigenvalue weighted by Crippen LogP contribution is 2.20. The van der Waals surface area contributed by atoms with E-state index in [1.54, 1.807) is 12.4 Å². The second-order valence-electron chi connectivity index (χ2n) is 6.24. The first-order valence-corrected chi connectivity index (χ1v) is 9.03. The fraction of sp³-hybridized carbons (Fsp3) is 0.389. The Morgan fingerprint density at radius 3 is 2.56 bits per heavy atom. The number of aromatic nitrogens is 2. The number of amides is 1. The topological polar surface area (TPSA) is 58.6 Å². The molecule has 0 unspecified atom stereocenters. The number of ether oxygens (including phenoxy) is 1. The SMILES string of the molecule is CN(C)c1cccc(C(=O)N2CCC(Oc3ncc(Br)cn3)CC2)c1. The fourth-order valence-corrected chi connectivity index (χ4v) is 2.99. The van der Waals surface area contributed by atoms with Crippen molar-refractivity contribution in [1.82, 2.24) is 14.9 Å². The van der Waals surface area contributed by atoms with Gasteiger partial charge in [-0.05, 0) is 34.1 Å². The molecular formula is C18H21BrN4O2. The molecule has 0 radical (unpaired) electrons. The molecule has 1 amide bonds. The minimum Gasteiger partial charge on any atom is -0.460 e. The zero-order valence-corrected chi connectivity index (χ0v) is 15.9. The molecule has 132 valence electrons. The van der Waals surface area contributed by atoms with E-state index in [2.05, 4.69) is 25.9 Å². The van der Waals surface area contributed by atoms with Gasteiger partial charge in [0.1, 0.15) is 6.10 Å². The lowest BCUT2D eigenvalue weighted by Crippen LogP contribution is -2.42. The van der Waals surface area contributed by atoms with Gasteiger partial charge in [0.2, 0.25) is 0 Å². The summed E-state index contributed by atoms with van der Waals surface area (Å²) in [6.45, 7) is 1.35. The number of anilines is 1. The van der Waals surface area contributed by atoms with Crippen molar-refractivity contribution in [3.8, 4) is 6.01 Å². The van der Waals surface area contributed by atoms with E-state index in [-0.39, 0.29) is 12.0 Å². The molecule has 2 heterocycles. The molecule has 1 aromatic heterocycles. The molecule has 3 rings (SSSR count). The summed E-state index contributed by atoms with van der Waals surface area (Å²) < 4.78 is 6.63. The number of carbonyl (C=O) groups excluding carboxylic acids is 1. The van der Waals surface area contributed by atoms with E-state index in [0.717, 1.165) is 28.6 Å². The highest BCUT2D eigenvalue weighted by molar-refractivity contribution is 9.10. The molecule has 0 atom stereocenters. The largest absolute Gasteiger partial charge is 0.460 e. The number of hydrogen-bond acceptors (Lipinski definition) is 5. The third-order valence-electron chi connectivity index (χ3n) is 4.21. The summed E-state index contributed by atoms with van der Waals surface area (Å²) in [7, 11) is 3.94. The van der Waals surface area contributed by atoms with Crippen LogP contribution in [0.3, 0.4) is 0 Å². The van der Waals surface area contributed by atoms with E-state index in [9.17, 15) is 4.79 Å². The average Bonchev–Trinajstić information content (AvgIpc) is 2.64. The summed E-state index contributed by atoms with van der Waals surface area (Å²) in [6, 6.07) is 8.10. The molecule has 1 aromatic carbocycles. The first-order chi connectivity index (χ1) is 12.0. The number of halogens is 1. The Morgan fingerprint density at radius 2 is 1.92 bits per heavy atom. The standard InChI is InChI=1S/C18H21BrN4O2/c1-22(2)15-5-3-4-13(10-15)17(24)23-8-6-16(7-9-23)25-18-20-11-14(19)12-21-18/h3-5,10-12,16H,6-9H2,1-2H3. The van der Waals surface area contributed by atoms with Crippen molar-refractivity contribution in [2.24, 2.45) is 0 Å². The maximum absolute atomic E-state index is 12.7. The van der Waals surface area contributed by atoms with Crippen molar-refractivity contribution in [2.75, 3.05) is 32.1 Å². The second kappa shape index (κ2) is 7.82. The molecule has 0 N–H and O–H groups in total. The second-order valence-corrected chi connectivity index (χ2v) is 7.15. The first kappa shape index (κ1) is 17.7. The van der Waals surface area contributed by atoms with Crippen molar-refractivity contribution in [1.29, 1.82) is 0 Å². The lowest BCUT2D eigenvalue weighted by molar-refractivity contribution is 0.0578. The van der Waals surface area contributed by atoms with Crippen LogP contribution in [0, 0.1) is 0 Å². The Hall–Kier alpha value is -2.15. The van der Waals surface area contributed by atoms with Gasteiger partial charge in [0, 0.05) is 63.7 Å². The smallest absolute Gasteiger partial charge is 0.316 e. The van der Waals surface area contributed by atoms with Crippen LogP contribution in [0.2, 0.25) is 0 Å². The normalized spacial score (nSPS) is 15.1. The van der Waals surface area contributed by atoms with Crippen LogP contribution in [0.15, 0.2) is 41.1 Å². The van der Waals surface area contributed by atoms with Crippen molar-refractivity contribution in [2.45, 2.75) is 18.9 Å². The van der Waals surface area contributed by atoms with Gasteiger partial charge in [0.25, 0.3) is 5.91 Å². The summed E-state index contributed by atoms with van der Waals surface area (Å²) in [4.78, 5) is 24.9. The third-order valence-corrected chi connectivity index (χ3v) is 4.62. The molecule has 1 aliphatic heterocycles. The Balaban J connectivity index is 1.57. The molecular weight excluding hydrogens is 384 g/mol. The molecule has 1 aliphatic rings. The van der Waals surface area contributed by atoms with Crippen molar-refractivity contribution >= 4 is 27.5 Å². The molecule has 2 aromatic rings. The molecule has 0 saturated carbocycles. The zero-order valence-electron chi connectivity index (χ0n) is 14.4. The van der Waals surface area contributed by atoms with Crippen molar-refractivity contribution in [3.05, 3.63) is 46.7 Å².